The van der Waals surface area contributed by atoms with Crippen LogP contribution in [0.3, 0.4) is 0 Å². The van der Waals surface area contributed by atoms with Crippen LogP contribution in [0.2, 0.25) is 0 Å². The molecule has 0 amide bonds. The number of anilines is 1. The molecule has 2 fully saturated rings. The van der Waals surface area contributed by atoms with E-state index in [9.17, 15) is 0 Å². The second kappa shape index (κ2) is 6.62. The first kappa shape index (κ1) is 15.9. The molecule has 2 aliphatic heterocycles. The first-order valence-corrected chi connectivity index (χ1v) is 9.05. The van der Waals surface area contributed by atoms with E-state index in [0.717, 1.165) is 11.8 Å². The van der Waals surface area contributed by atoms with Crippen molar-refractivity contribution in [1.82, 2.24) is 4.90 Å². The number of hydrogen-bond acceptors (Lipinski definition) is 2. The molecule has 2 heteroatoms. The summed E-state index contributed by atoms with van der Waals surface area (Å²) in [6, 6.07) is 10.9. The Morgan fingerprint density at radius 3 is 2.27 bits per heavy atom. The van der Waals surface area contributed by atoms with Crippen molar-refractivity contribution in [3.63, 3.8) is 0 Å². The number of hydrogen-bond donors (Lipinski definition) is 0. The lowest BCUT2D eigenvalue weighted by Gasteiger charge is -2.39. The molecule has 0 radical (unpaired) electrons. The summed E-state index contributed by atoms with van der Waals surface area (Å²) in [5, 5.41) is 0. The third kappa shape index (κ3) is 3.84. The van der Waals surface area contributed by atoms with Gasteiger partial charge >= 0.3 is 0 Å². The summed E-state index contributed by atoms with van der Waals surface area (Å²) in [6.45, 7) is 13.6. The fourth-order valence-corrected chi connectivity index (χ4v) is 4.20. The zero-order valence-corrected chi connectivity index (χ0v) is 14.6. The highest BCUT2D eigenvalue weighted by Crippen LogP contribution is 2.34. The van der Waals surface area contributed by atoms with Crippen molar-refractivity contribution in [3.05, 3.63) is 30.3 Å². The van der Waals surface area contributed by atoms with Crippen molar-refractivity contribution in [2.24, 2.45) is 17.3 Å². The minimum absolute atomic E-state index is 0.490. The lowest BCUT2D eigenvalue weighted by Crippen LogP contribution is -2.40. The summed E-state index contributed by atoms with van der Waals surface area (Å²) in [4.78, 5) is 5.29. The molecule has 0 saturated carbocycles. The minimum Gasteiger partial charge on any atom is -0.371 e. The van der Waals surface area contributed by atoms with Crippen molar-refractivity contribution >= 4 is 5.69 Å². The van der Waals surface area contributed by atoms with Crippen LogP contribution in [-0.2, 0) is 0 Å². The molecule has 1 aromatic rings. The van der Waals surface area contributed by atoms with Gasteiger partial charge in [0.2, 0.25) is 0 Å². The SMILES string of the molecule is CC(C)(C)C1CCN(CC2CCN(c3ccccc3)C2)CC1. The van der Waals surface area contributed by atoms with Crippen molar-refractivity contribution in [2.75, 3.05) is 37.6 Å². The van der Waals surface area contributed by atoms with Gasteiger partial charge in [-0.1, -0.05) is 39.0 Å². The number of likely N-dealkylation sites (tertiary alicyclic amines) is 1. The largest absolute Gasteiger partial charge is 0.371 e. The fourth-order valence-electron chi connectivity index (χ4n) is 4.20. The quantitative estimate of drug-likeness (QED) is 0.822. The lowest BCUT2D eigenvalue weighted by atomic mass is 9.75. The second-order valence-electron chi connectivity index (χ2n) is 8.38. The Kier molecular flexibility index (Phi) is 4.77. The van der Waals surface area contributed by atoms with E-state index < -0.39 is 0 Å². The smallest absolute Gasteiger partial charge is 0.0366 e. The number of rotatable bonds is 3. The average Bonchev–Trinajstić information content (AvgIpc) is 2.96. The molecule has 22 heavy (non-hydrogen) atoms. The molecule has 1 aromatic carbocycles. The van der Waals surface area contributed by atoms with Crippen LogP contribution >= 0.6 is 0 Å². The maximum absolute atomic E-state index is 2.72. The fraction of sp³-hybridized carbons (Fsp3) is 0.700. The zero-order valence-electron chi connectivity index (χ0n) is 14.6. The highest BCUT2D eigenvalue weighted by Gasteiger charge is 2.31. The van der Waals surface area contributed by atoms with Gasteiger partial charge in [-0.3, -0.25) is 0 Å². The van der Waals surface area contributed by atoms with Gasteiger partial charge in [-0.25, -0.2) is 0 Å². The molecule has 122 valence electrons. The van der Waals surface area contributed by atoms with E-state index in [2.05, 4.69) is 60.9 Å². The third-order valence-corrected chi connectivity index (χ3v) is 5.74. The van der Waals surface area contributed by atoms with Crippen LogP contribution in [0, 0.1) is 17.3 Å². The van der Waals surface area contributed by atoms with Crippen molar-refractivity contribution in [2.45, 2.75) is 40.0 Å². The summed E-state index contributed by atoms with van der Waals surface area (Å²) in [6.07, 6.45) is 4.13. The summed E-state index contributed by atoms with van der Waals surface area (Å²) >= 11 is 0. The number of para-hydroxylation sites is 1. The second-order valence-corrected chi connectivity index (χ2v) is 8.38. The number of nitrogens with zero attached hydrogens (tertiary/aromatic N) is 2. The third-order valence-electron chi connectivity index (χ3n) is 5.74. The lowest BCUT2D eigenvalue weighted by molar-refractivity contribution is 0.103. The molecule has 0 aliphatic carbocycles. The molecule has 2 aliphatic rings. The van der Waals surface area contributed by atoms with E-state index in [1.165, 1.54) is 57.7 Å². The van der Waals surface area contributed by atoms with Gasteiger partial charge in [0.1, 0.15) is 0 Å². The van der Waals surface area contributed by atoms with E-state index in [0.29, 0.717) is 5.41 Å². The molecular weight excluding hydrogens is 268 g/mol. The Hall–Kier alpha value is -1.02. The Morgan fingerprint density at radius 2 is 1.64 bits per heavy atom. The molecular formula is C20H32N2. The maximum atomic E-state index is 2.72. The zero-order chi connectivity index (χ0) is 15.6. The van der Waals surface area contributed by atoms with E-state index in [4.69, 9.17) is 0 Å². The molecule has 2 saturated heterocycles. The van der Waals surface area contributed by atoms with Gasteiger partial charge in [0, 0.05) is 25.3 Å². The van der Waals surface area contributed by atoms with E-state index in [-0.39, 0.29) is 0 Å². The number of benzene rings is 1. The molecule has 0 aromatic heterocycles. The van der Waals surface area contributed by atoms with Crippen molar-refractivity contribution < 1.29 is 0 Å². The maximum Gasteiger partial charge on any atom is 0.0366 e. The molecule has 3 rings (SSSR count). The molecule has 0 N–H and O–H groups in total. The van der Waals surface area contributed by atoms with E-state index >= 15 is 0 Å². The average molecular weight is 300 g/mol. The molecule has 2 heterocycles. The highest BCUT2D eigenvalue weighted by atomic mass is 15.2. The van der Waals surface area contributed by atoms with Gasteiger partial charge in [0.15, 0.2) is 0 Å². The summed E-state index contributed by atoms with van der Waals surface area (Å²) in [5.74, 6) is 1.76. The molecule has 1 atom stereocenters. The van der Waals surface area contributed by atoms with Crippen LogP contribution in [-0.4, -0.2) is 37.6 Å². The van der Waals surface area contributed by atoms with Gasteiger partial charge < -0.3 is 9.80 Å². The van der Waals surface area contributed by atoms with Gasteiger partial charge in [-0.15, -0.1) is 0 Å². The predicted molar refractivity (Wildman–Crippen MR) is 95.4 cm³/mol. The Labute approximate surface area is 136 Å². The topological polar surface area (TPSA) is 6.48 Å². The van der Waals surface area contributed by atoms with Gasteiger partial charge in [-0.2, -0.15) is 0 Å². The Morgan fingerprint density at radius 1 is 0.955 bits per heavy atom. The first-order valence-electron chi connectivity index (χ1n) is 9.05. The summed E-state index contributed by atoms with van der Waals surface area (Å²) in [5.41, 5.74) is 1.89. The standard InChI is InChI=1S/C20H32N2/c1-20(2,3)18-10-12-21(13-11-18)15-17-9-14-22(16-17)19-7-5-4-6-8-19/h4-8,17-18H,9-16H2,1-3H3. The van der Waals surface area contributed by atoms with Crippen LogP contribution in [0.25, 0.3) is 0 Å². The van der Waals surface area contributed by atoms with Gasteiger partial charge in [0.05, 0.1) is 0 Å². The predicted octanol–water partition coefficient (Wildman–Crippen LogP) is 4.27. The normalized spacial score (nSPS) is 24.9. The minimum atomic E-state index is 0.490. The van der Waals surface area contributed by atoms with Crippen LogP contribution < -0.4 is 4.90 Å². The summed E-state index contributed by atoms with van der Waals surface area (Å²) < 4.78 is 0. The Balaban J connectivity index is 1.46. The van der Waals surface area contributed by atoms with E-state index in [1.54, 1.807) is 0 Å². The van der Waals surface area contributed by atoms with Gasteiger partial charge in [-0.05, 0) is 61.7 Å². The Bertz CT molecular complexity index is 454. The van der Waals surface area contributed by atoms with E-state index in [1.807, 2.05) is 0 Å². The van der Waals surface area contributed by atoms with Crippen LogP contribution in [0.1, 0.15) is 40.0 Å². The van der Waals surface area contributed by atoms with Crippen LogP contribution in [0.5, 0.6) is 0 Å². The molecule has 0 bridgehead atoms. The van der Waals surface area contributed by atoms with Gasteiger partial charge in [0.25, 0.3) is 0 Å². The first-order chi connectivity index (χ1) is 10.5. The number of piperidine rings is 1. The molecule has 2 nitrogen and oxygen atoms in total. The van der Waals surface area contributed by atoms with Crippen molar-refractivity contribution in [1.29, 1.82) is 0 Å². The van der Waals surface area contributed by atoms with Crippen LogP contribution in [0.4, 0.5) is 5.69 Å². The molecule has 0 spiro atoms. The van der Waals surface area contributed by atoms with Crippen molar-refractivity contribution in [3.8, 4) is 0 Å². The monoisotopic (exact) mass is 300 g/mol. The summed E-state index contributed by atoms with van der Waals surface area (Å²) in [7, 11) is 0. The van der Waals surface area contributed by atoms with Crippen LogP contribution in [0.15, 0.2) is 30.3 Å². The molecule has 1 unspecified atom stereocenters. The highest BCUT2D eigenvalue weighted by molar-refractivity contribution is 5.46.